The van der Waals surface area contributed by atoms with Crippen molar-refractivity contribution in [1.82, 2.24) is 24.6 Å². The Bertz CT molecular complexity index is 807. The van der Waals surface area contributed by atoms with Crippen LogP contribution in [0.25, 0.3) is 11.6 Å². The van der Waals surface area contributed by atoms with Crippen LogP contribution in [0.3, 0.4) is 0 Å². The summed E-state index contributed by atoms with van der Waals surface area (Å²) in [7, 11) is 0. The number of furan rings is 1. The molecule has 6 nitrogen and oxygen atoms in total. The lowest BCUT2D eigenvalue weighted by atomic mass is 10.2. The first-order chi connectivity index (χ1) is 11.7. The fourth-order valence-electron chi connectivity index (χ4n) is 3.40. The van der Waals surface area contributed by atoms with Gasteiger partial charge >= 0.3 is 0 Å². The molecular formula is C18H21N5O. The number of aromatic nitrogens is 4. The largest absolute Gasteiger partial charge is 0.461 e. The molecule has 3 aromatic heterocycles. The van der Waals surface area contributed by atoms with Crippen molar-refractivity contribution in [2.24, 2.45) is 0 Å². The summed E-state index contributed by atoms with van der Waals surface area (Å²) < 4.78 is 7.50. The summed E-state index contributed by atoms with van der Waals surface area (Å²) in [5.74, 6) is 1.33. The normalized spacial score (nSPS) is 18.3. The summed E-state index contributed by atoms with van der Waals surface area (Å²) in [5, 5.41) is 4.63. The average Bonchev–Trinajstić information content (AvgIpc) is 3.30. The number of aryl methyl sites for hydroxylation is 2. The molecule has 0 spiro atoms. The second-order valence-electron chi connectivity index (χ2n) is 6.44. The molecule has 0 aromatic carbocycles. The average molecular weight is 323 g/mol. The van der Waals surface area contributed by atoms with Gasteiger partial charge in [0.1, 0.15) is 0 Å². The molecule has 1 unspecified atom stereocenters. The van der Waals surface area contributed by atoms with E-state index in [1.807, 2.05) is 31.5 Å². The number of rotatable bonds is 4. The Hall–Kier alpha value is -2.47. The standard InChI is InChI=1S/C18H21N5O/c1-13-8-14(2)23(21-13)16-5-6-22(12-16)11-15-9-19-18(20-10-15)17-4-3-7-24-17/h3-4,7-10,16H,5-6,11-12H2,1-2H3. The molecule has 3 aromatic rings. The Morgan fingerprint density at radius 3 is 2.75 bits per heavy atom. The van der Waals surface area contributed by atoms with E-state index in [0.717, 1.165) is 37.3 Å². The molecule has 0 radical (unpaired) electrons. The van der Waals surface area contributed by atoms with Gasteiger partial charge in [0.2, 0.25) is 0 Å². The second kappa shape index (κ2) is 6.20. The van der Waals surface area contributed by atoms with Gasteiger partial charge in [-0.3, -0.25) is 9.58 Å². The fourth-order valence-corrected chi connectivity index (χ4v) is 3.40. The minimum Gasteiger partial charge on any atom is -0.461 e. The Morgan fingerprint density at radius 2 is 2.08 bits per heavy atom. The Morgan fingerprint density at radius 1 is 1.25 bits per heavy atom. The maximum atomic E-state index is 5.32. The van der Waals surface area contributed by atoms with Crippen LogP contribution in [-0.4, -0.2) is 37.7 Å². The summed E-state index contributed by atoms with van der Waals surface area (Å²) in [6, 6.07) is 6.32. The quantitative estimate of drug-likeness (QED) is 0.738. The van der Waals surface area contributed by atoms with Crippen molar-refractivity contribution in [3.05, 3.63) is 53.8 Å². The van der Waals surface area contributed by atoms with Crippen LogP contribution in [0.2, 0.25) is 0 Å². The van der Waals surface area contributed by atoms with E-state index in [4.69, 9.17) is 4.42 Å². The number of hydrogen-bond donors (Lipinski definition) is 0. The highest BCUT2D eigenvalue weighted by Crippen LogP contribution is 2.24. The van der Waals surface area contributed by atoms with Gasteiger partial charge in [0, 0.05) is 43.3 Å². The topological polar surface area (TPSA) is 60.0 Å². The maximum absolute atomic E-state index is 5.32. The van der Waals surface area contributed by atoms with E-state index in [1.165, 1.54) is 5.69 Å². The Kier molecular flexibility index (Phi) is 3.90. The van der Waals surface area contributed by atoms with Crippen molar-refractivity contribution in [3.63, 3.8) is 0 Å². The predicted molar refractivity (Wildman–Crippen MR) is 90.4 cm³/mol. The molecule has 1 saturated heterocycles. The van der Waals surface area contributed by atoms with Gasteiger partial charge in [-0.05, 0) is 38.5 Å². The molecule has 0 N–H and O–H groups in total. The third-order valence-corrected chi connectivity index (χ3v) is 4.49. The third-order valence-electron chi connectivity index (χ3n) is 4.49. The van der Waals surface area contributed by atoms with Gasteiger partial charge in [0.25, 0.3) is 0 Å². The van der Waals surface area contributed by atoms with Crippen LogP contribution in [0, 0.1) is 13.8 Å². The van der Waals surface area contributed by atoms with Crippen LogP contribution < -0.4 is 0 Å². The first-order valence-corrected chi connectivity index (χ1v) is 8.29. The van der Waals surface area contributed by atoms with Crippen molar-refractivity contribution in [2.75, 3.05) is 13.1 Å². The van der Waals surface area contributed by atoms with Crippen LogP contribution in [0.4, 0.5) is 0 Å². The zero-order valence-corrected chi connectivity index (χ0v) is 14.0. The van der Waals surface area contributed by atoms with Gasteiger partial charge in [0.05, 0.1) is 18.0 Å². The molecule has 6 heteroatoms. The third kappa shape index (κ3) is 2.97. The molecule has 0 aliphatic carbocycles. The van der Waals surface area contributed by atoms with Gasteiger partial charge in [-0.1, -0.05) is 0 Å². The Labute approximate surface area is 141 Å². The van der Waals surface area contributed by atoms with E-state index in [2.05, 4.69) is 37.6 Å². The number of nitrogens with zero attached hydrogens (tertiary/aromatic N) is 5. The highest BCUT2D eigenvalue weighted by atomic mass is 16.3. The minimum absolute atomic E-state index is 0.460. The van der Waals surface area contributed by atoms with Crippen LogP contribution in [0.1, 0.15) is 29.4 Å². The van der Waals surface area contributed by atoms with Crippen molar-refractivity contribution in [3.8, 4) is 11.6 Å². The van der Waals surface area contributed by atoms with E-state index < -0.39 is 0 Å². The van der Waals surface area contributed by atoms with Crippen LogP contribution in [0.5, 0.6) is 0 Å². The number of likely N-dealkylation sites (tertiary alicyclic amines) is 1. The van der Waals surface area contributed by atoms with Crippen molar-refractivity contribution in [2.45, 2.75) is 32.9 Å². The zero-order valence-electron chi connectivity index (χ0n) is 14.0. The van der Waals surface area contributed by atoms with Crippen LogP contribution >= 0.6 is 0 Å². The van der Waals surface area contributed by atoms with E-state index in [0.29, 0.717) is 17.6 Å². The van der Waals surface area contributed by atoms with E-state index in [1.54, 1.807) is 6.26 Å². The molecule has 24 heavy (non-hydrogen) atoms. The highest BCUT2D eigenvalue weighted by molar-refractivity contribution is 5.45. The van der Waals surface area contributed by atoms with Gasteiger partial charge in [0.15, 0.2) is 11.6 Å². The van der Waals surface area contributed by atoms with Crippen LogP contribution in [-0.2, 0) is 6.54 Å². The summed E-state index contributed by atoms with van der Waals surface area (Å²) >= 11 is 0. The molecule has 124 valence electrons. The molecular weight excluding hydrogens is 302 g/mol. The van der Waals surface area contributed by atoms with E-state index in [9.17, 15) is 0 Å². The lowest BCUT2D eigenvalue weighted by Gasteiger charge is -2.16. The molecule has 1 fully saturated rings. The van der Waals surface area contributed by atoms with Gasteiger partial charge in [-0.2, -0.15) is 5.10 Å². The van der Waals surface area contributed by atoms with Gasteiger partial charge in [-0.25, -0.2) is 9.97 Å². The molecule has 1 atom stereocenters. The monoisotopic (exact) mass is 323 g/mol. The lowest BCUT2D eigenvalue weighted by Crippen LogP contribution is -2.22. The molecule has 0 saturated carbocycles. The van der Waals surface area contributed by atoms with Crippen molar-refractivity contribution in [1.29, 1.82) is 0 Å². The maximum Gasteiger partial charge on any atom is 0.195 e. The number of hydrogen-bond acceptors (Lipinski definition) is 5. The van der Waals surface area contributed by atoms with E-state index >= 15 is 0 Å². The molecule has 0 bridgehead atoms. The van der Waals surface area contributed by atoms with E-state index in [-0.39, 0.29) is 0 Å². The molecule has 4 heterocycles. The fraction of sp³-hybridized carbons (Fsp3) is 0.389. The first kappa shape index (κ1) is 15.1. The first-order valence-electron chi connectivity index (χ1n) is 8.29. The zero-order chi connectivity index (χ0) is 16.5. The molecule has 4 rings (SSSR count). The summed E-state index contributed by atoms with van der Waals surface area (Å²) in [5.41, 5.74) is 3.46. The van der Waals surface area contributed by atoms with Crippen molar-refractivity contribution >= 4 is 0 Å². The molecule has 1 aliphatic rings. The lowest BCUT2D eigenvalue weighted by molar-refractivity contribution is 0.310. The van der Waals surface area contributed by atoms with Gasteiger partial charge in [-0.15, -0.1) is 0 Å². The summed E-state index contributed by atoms with van der Waals surface area (Å²) in [6.07, 6.45) is 6.55. The summed E-state index contributed by atoms with van der Waals surface area (Å²) in [6.45, 7) is 7.14. The summed E-state index contributed by atoms with van der Waals surface area (Å²) in [4.78, 5) is 11.3. The highest BCUT2D eigenvalue weighted by Gasteiger charge is 2.25. The molecule has 1 aliphatic heterocycles. The predicted octanol–water partition coefficient (Wildman–Crippen LogP) is 3.00. The minimum atomic E-state index is 0.460. The van der Waals surface area contributed by atoms with Gasteiger partial charge < -0.3 is 4.42 Å². The smallest absolute Gasteiger partial charge is 0.195 e. The van der Waals surface area contributed by atoms with Crippen LogP contribution in [0.15, 0.2) is 41.3 Å². The van der Waals surface area contributed by atoms with Crippen molar-refractivity contribution < 1.29 is 4.42 Å². The second-order valence-corrected chi connectivity index (χ2v) is 6.44. The molecule has 0 amide bonds. The Balaban J connectivity index is 1.40. The SMILES string of the molecule is Cc1cc(C)n(C2CCN(Cc3cnc(-c4ccco4)nc3)C2)n1.